The number of carbonyl (C=O) groups is 1. The molecule has 1 unspecified atom stereocenters. The minimum absolute atomic E-state index is 0.0915. The van der Waals surface area contributed by atoms with Crippen molar-refractivity contribution in [2.24, 2.45) is 0 Å². The molecular weight excluding hydrogens is 317 g/mol. The maximum Gasteiger partial charge on any atom is 0.446 e. The van der Waals surface area contributed by atoms with Crippen LogP contribution in [0, 0.1) is 6.92 Å². The summed E-state index contributed by atoms with van der Waals surface area (Å²) in [6.45, 7) is 3.31. The molecule has 1 aromatic carbocycles. The second kappa shape index (κ2) is 5.44. The number of aryl methyl sites for hydroxylation is 1. The molecule has 94 valence electrons. The van der Waals surface area contributed by atoms with Crippen LogP contribution in [0.25, 0.3) is 0 Å². The van der Waals surface area contributed by atoms with Crippen LogP contribution in [0.4, 0.5) is 13.2 Å². The molecule has 17 heavy (non-hydrogen) atoms. The van der Waals surface area contributed by atoms with Gasteiger partial charge in [-0.05, 0) is 49.4 Å². The lowest BCUT2D eigenvalue weighted by Gasteiger charge is -2.10. The first kappa shape index (κ1) is 14.6. The molecule has 0 N–H and O–H groups in total. The van der Waals surface area contributed by atoms with Gasteiger partial charge in [-0.25, -0.2) is 0 Å². The van der Waals surface area contributed by atoms with Crippen LogP contribution in [0.15, 0.2) is 23.1 Å². The Labute approximate surface area is 110 Å². The van der Waals surface area contributed by atoms with E-state index < -0.39 is 5.51 Å². The van der Waals surface area contributed by atoms with Crippen molar-refractivity contribution < 1.29 is 18.0 Å². The van der Waals surface area contributed by atoms with Crippen molar-refractivity contribution in [2.75, 3.05) is 0 Å². The molecule has 0 bridgehead atoms. The van der Waals surface area contributed by atoms with Crippen LogP contribution in [0.5, 0.6) is 0 Å². The second-order valence-corrected chi connectivity index (χ2v) is 6.02. The smallest absolute Gasteiger partial charge is 0.293 e. The van der Waals surface area contributed by atoms with Gasteiger partial charge in [0.2, 0.25) is 0 Å². The van der Waals surface area contributed by atoms with Gasteiger partial charge in [0, 0.05) is 10.5 Å². The van der Waals surface area contributed by atoms with Gasteiger partial charge in [0.25, 0.3) is 0 Å². The zero-order valence-electron chi connectivity index (χ0n) is 9.14. The Morgan fingerprint density at radius 2 is 2.00 bits per heavy atom. The molecule has 0 spiro atoms. The summed E-state index contributed by atoms with van der Waals surface area (Å²) in [5.41, 5.74) is -3.31. The minimum atomic E-state index is -4.30. The van der Waals surface area contributed by atoms with Gasteiger partial charge in [-0.3, -0.25) is 4.79 Å². The molecule has 0 aromatic heterocycles. The van der Waals surface area contributed by atoms with Crippen molar-refractivity contribution in [3.63, 3.8) is 0 Å². The minimum Gasteiger partial charge on any atom is -0.293 e. The molecule has 0 saturated carbocycles. The summed E-state index contributed by atoms with van der Waals surface area (Å²) < 4.78 is 36.4. The Morgan fingerprint density at radius 3 is 2.41 bits per heavy atom. The van der Waals surface area contributed by atoms with Gasteiger partial charge in [-0.2, -0.15) is 13.2 Å². The predicted molar refractivity (Wildman–Crippen MR) is 65.8 cm³/mol. The van der Waals surface area contributed by atoms with Crippen LogP contribution in [0.3, 0.4) is 0 Å². The normalized spacial score (nSPS) is 13.5. The van der Waals surface area contributed by atoms with Crippen LogP contribution in [0.1, 0.15) is 22.8 Å². The quantitative estimate of drug-likeness (QED) is 0.459. The Morgan fingerprint density at radius 1 is 1.41 bits per heavy atom. The molecule has 0 aliphatic carbocycles. The summed E-state index contributed by atoms with van der Waals surface area (Å²) in [7, 11) is 0. The third-order valence-corrected chi connectivity index (χ3v) is 3.20. The van der Waals surface area contributed by atoms with E-state index in [1.165, 1.54) is 18.2 Å². The summed E-state index contributed by atoms with van der Waals surface area (Å²) in [4.78, 5) is 11.4. The van der Waals surface area contributed by atoms with Crippen molar-refractivity contribution in [1.82, 2.24) is 0 Å². The van der Waals surface area contributed by atoms with Crippen molar-refractivity contribution in [3.8, 4) is 0 Å². The van der Waals surface area contributed by atoms with E-state index in [2.05, 4.69) is 15.9 Å². The number of halogens is 4. The zero-order valence-corrected chi connectivity index (χ0v) is 11.5. The van der Waals surface area contributed by atoms with Crippen LogP contribution < -0.4 is 0 Å². The number of carbonyl (C=O) groups excluding carboxylic acids is 1. The van der Waals surface area contributed by atoms with Gasteiger partial charge in [0.1, 0.15) is 0 Å². The highest BCUT2D eigenvalue weighted by molar-refractivity contribution is 9.10. The molecule has 0 amide bonds. The summed E-state index contributed by atoms with van der Waals surface area (Å²) >= 11 is 2.96. The maximum atomic E-state index is 12.1. The van der Waals surface area contributed by atoms with Crippen molar-refractivity contribution in [1.29, 1.82) is 0 Å². The van der Waals surface area contributed by atoms with Gasteiger partial charge >= 0.3 is 5.51 Å². The van der Waals surface area contributed by atoms with E-state index in [0.29, 0.717) is 11.1 Å². The molecule has 1 nitrogen and oxygen atoms in total. The van der Waals surface area contributed by atoms with Gasteiger partial charge in [-0.1, -0.05) is 15.9 Å². The van der Waals surface area contributed by atoms with E-state index in [1.54, 1.807) is 13.8 Å². The second-order valence-electron chi connectivity index (χ2n) is 3.50. The summed E-state index contributed by atoms with van der Waals surface area (Å²) in [6.07, 6.45) is 0. The topological polar surface area (TPSA) is 17.1 Å². The molecule has 0 radical (unpaired) electrons. The first-order valence-corrected chi connectivity index (χ1v) is 6.48. The lowest BCUT2D eigenvalue weighted by molar-refractivity contribution is -0.0328. The number of hydrogen-bond donors (Lipinski definition) is 0. The van der Waals surface area contributed by atoms with Crippen molar-refractivity contribution in [3.05, 3.63) is 29.3 Å². The third-order valence-electron chi connectivity index (χ3n) is 2.06. The van der Waals surface area contributed by atoms with Crippen molar-refractivity contribution >= 4 is 33.5 Å². The fourth-order valence-corrected chi connectivity index (χ4v) is 2.21. The number of benzene rings is 1. The van der Waals surface area contributed by atoms with E-state index >= 15 is 0 Å². The average molecular weight is 327 g/mol. The molecule has 0 heterocycles. The maximum absolute atomic E-state index is 12.1. The van der Waals surface area contributed by atoms with Gasteiger partial charge in [0.05, 0.1) is 4.83 Å². The van der Waals surface area contributed by atoms with Crippen LogP contribution >= 0.6 is 27.7 Å². The molecule has 0 saturated heterocycles. The number of Topliss-reactive ketones (excluding diaryl/α,β-unsaturated/α-hetero) is 1. The largest absolute Gasteiger partial charge is 0.446 e. The summed E-state index contributed by atoms with van der Waals surface area (Å²) in [5, 5.41) is 0. The highest BCUT2D eigenvalue weighted by Crippen LogP contribution is 2.37. The standard InChI is InChI=1S/C11H10BrF3OS/c1-6-5-8(17-11(13,14)15)3-4-9(6)10(16)7(2)12/h3-5,7H,1-2H3. The molecule has 1 atom stereocenters. The summed E-state index contributed by atoms with van der Waals surface area (Å²) in [5.74, 6) is -0.133. The predicted octanol–water partition coefficient (Wildman–Crippen LogP) is 4.57. The first-order valence-electron chi connectivity index (χ1n) is 4.75. The SMILES string of the molecule is Cc1cc(SC(F)(F)F)ccc1C(=O)C(C)Br. The molecule has 0 fully saturated rings. The number of thioether (sulfide) groups is 1. The van der Waals surface area contributed by atoms with Gasteiger partial charge in [0.15, 0.2) is 5.78 Å². The Balaban J connectivity index is 2.98. The molecular formula is C11H10BrF3OS. The molecule has 0 aliphatic heterocycles. The van der Waals surface area contributed by atoms with Crippen LogP contribution in [-0.2, 0) is 0 Å². The van der Waals surface area contributed by atoms with Crippen LogP contribution in [-0.4, -0.2) is 16.1 Å². The van der Waals surface area contributed by atoms with Crippen molar-refractivity contribution in [2.45, 2.75) is 29.1 Å². The number of hydrogen-bond acceptors (Lipinski definition) is 2. The van der Waals surface area contributed by atoms with Gasteiger partial charge in [-0.15, -0.1) is 0 Å². The molecule has 0 aliphatic rings. The van der Waals surface area contributed by atoms with E-state index in [1.807, 2.05) is 0 Å². The zero-order chi connectivity index (χ0) is 13.2. The van der Waals surface area contributed by atoms with E-state index in [4.69, 9.17) is 0 Å². The average Bonchev–Trinajstić information content (AvgIpc) is 2.14. The lowest BCUT2D eigenvalue weighted by Crippen LogP contribution is -2.11. The summed E-state index contributed by atoms with van der Waals surface area (Å²) in [6, 6.07) is 4.12. The van der Waals surface area contributed by atoms with Gasteiger partial charge < -0.3 is 0 Å². The molecule has 1 aromatic rings. The number of alkyl halides is 4. The monoisotopic (exact) mass is 326 g/mol. The van der Waals surface area contributed by atoms with E-state index in [0.717, 1.165) is 0 Å². The van der Waals surface area contributed by atoms with E-state index in [-0.39, 0.29) is 27.3 Å². The Kier molecular flexibility index (Phi) is 4.66. The highest BCUT2D eigenvalue weighted by Gasteiger charge is 2.29. The lowest BCUT2D eigenvalue weighted by atomic mass is 10.0. The Hall–Kier alpha value is -0.490. The van der Waals surface area contributed by atoms with E-state index in [9.17, 15) is 18.0 Å². The fourth-order valence-electron chi connectivity index (χ4n) is 1.32. The fraction of sp³-hybridized carbons (Fsp3) is 0.364. The number of rotatable bonds is 3. The number of ketones is 1. The highest BCUT2D eigenvalue weighted by atomic mass is 79.9. The first-order chi connectivity index (χ1) is 7.70. The van der Waals surface area contributed by atoms with Crippen LogP contribution in [0.2, 0.25) is 0 Å². The molecule has 1 rings (SSSR count). The molecule has 6 heteroatoms. The Bertz CT molecular complexity index is 429. The third kappa shape index (κ3) is 4.35.